The summed E-state index contributed by atoms with van der Waals surface area (Å²) in [4.78, 5) is 12.8. The van der Waals surface area contributed by atoms with Gasteiger partial charge in [0.05, 0.1) is 5.41 Å². The molecule has 1 saturated carbocycles. The molecule has 0 radical (unpaired) electrons. The molecule has 2 rings (SSSR count). The van der Waals surface area contributed by atoms with Crippen molar-refractivity contribution in [2.24, 2.45) is 17.3 Å². The summed E-state index contributed by atoms with van der Waals surface area (Å²) in [6, 6.07) is 0.330. The summed E-state index contributed by atoms with van der Waals surface area (Å²) in [5, 5.41) is 6.74. The Labute approximate surface area is 124 Å². The highest BCUT2D eigenvalue weighted by Crippen LogP contribution is 2.35. The highest BCUT2D eigenvalue weighted by atomic mass is 16.2. The minimum absolute atomic E-state index is 0.182. The molecule has 1 heterocycles. The average molecular weight is 280 g/mol. The fraction of sp³-hybridized carbons (Fsp3) is 0.941. The molecule has 0 bridgehead atoms. The minimum atomic E-state index is -0.182. The van der Waals surface area contributed by atoms with Crippen molar-refractivity contribution in [1.82, 2.24) is 10.6 Å². The SMILES string of the molecule is CC(C)C1(C(=O)N[C@H](C)C2CCCCCC2)CCNC1. The Bertz CT molecular complexity index is 313. The van der Waals surface area contributed by atoms with E-state index in [4.69, 9.17) is 0 Å². The van der Waals surface area contributed by atoms with E-state index in [9.17, 15) is 4.79 Å². The standard InChI is InChI=1S/C17H32N2O/c1-13(2)17(10-11-18-12-17)16(20)19-14(3)15-8-6-4-5-7-9-15/h13-15,18H,4-12H2,1-3H3,(H,19,20)/t14-,17?/m1/s1. The lowest BCUT2D eigenvalue weighted by atomic mass is 9.75. The van der Waals surface area contributed by atoms with Gasteiger partial charge in [-0.15, -0.1) is 0 Å². The zero-order chi connectivity index (χ0) is 14.6. The second kappa shape index (κ2) is 6.93. The Hall–Kier alpha value is -0.570. The summed E-state index contributed by atoms with van der Waals surface area (Å²) in [6.07, 6.45) is 8.97. The van der Waals surface area contributed by atoms with Crippen molar-refractivity contribution < 1.29 is 4.79 Å². The normalized spacial score (nSPS) is 30.2. The molecule has 2 atom stereocenters. The summed E-state index contributed by atoms with van der Waals surface area (Å²) in [6.45, 7) is 8.40. The monoisotopic (exact) mass is 280 g/mol. The maximum absolute atomic E-state index is 12.8. The van der Waals surface area contributed by atoms with Crippen LogP contribution in [0.5, 0.6) is 0 Å². The van der Waals surface area contributed by atoms with Crippen LogP contribution in [-0.4, -0.2) is 25.0 Å². The van der Waals surface area contributed by atoms with Crippen LogP contribution < -0.4 is 10.6 Å². The van der Waals surface area contributed by atoms with E-state index < -0.39 is 0 Å². The molecule has 0 aromatic rings. The Morgan fingerprint density at radius 2 is 1.80 bits per heavy atom. The van der Waals surface area contributed by atoms with Gasteiger partial charge in [-0.1, -0.05) is 39.5 Å². The van der Waals surface area contributed by atoms with E-state index in [0.717, 1.165) is 19.5 Å². The number of rotatable bonds is 4. The number of nitrogens with one attached hydrogen (secondary N) is 2. The van der Waals surface area contributed by atoms with Gasteiger partial charge in [-0.3, -0.25) is 4.79 Å². The molecule has 116 valence electrons. The van der Waals surface area contributed by atoms with Crippen molar-refractivity contribution in [1.29, 1.82) is 0 Å². The molecule has 0 aromatic carbocycles. The summed E-state index contributed by atoms with van der Waals surface area (Å²) >= 11 is 0. The van der Waals surface area contributed by atoms with Crippen LogP contribution in [0.25, 0.3) is 0 Å². The van der Waals surface area contributed by atoms with Gasteiger partial charge in [-0.25, -0.2) is 0 Å². The molecule has 1 unspecified atom stereocenters. The van der Waals surface area contributed by atoms with E-state index in [1.165, 1.54) is 38.5 Å². The van der Waals surface area contributed by atoms with Crippen molar-refractivity contribution >= 4 is 5.91 Å². The highest BCUT2D eigenvalue weighted by Gasteiger charge is 2.44. The van der Waals surface area contributed by atoms with Crippen LogP contribution in [0.15, 0.2) is 0 Å². The van der Waals surface area contributed by atoms with Crippen LogP contribution in [0.2, 0.25) is 0 Å². The first-order chi connectivity index (χ1) is 9.56. The minimum Gasteiger partial charge on any atom is -0.353 e. The molecule has 1 saturated heterocycles. The topological polar surface area (TPSA) is 41.1 Å². The maximum Gasteiger partial charge on any atom is 0.228 e. The number of amides is 1. The van der Waals surface area contributed by atoms with Crippen LogP contribution in [0, 0.1) is 17.3 Å². The number of carbonyl (C=O) groups excluding carboxylic acids is 1. The van der Waals surface area contributed by atoms with Crippen LogP contribution in [0.3, 0.4) is 0 Å². The van der Waals surface area contributed by atoms with Crippen molar-refractivity contribution in [2.45, 2.75) is 71.8 Å². The fourth-order valence-corrected chi connectivity index (χ4v) is 3.94. The number of carbonyl (C=O) groups is 1. The van der Waals surface area contributed by atoms with Gasteiger partial charge in [0.2, 0.25) is 5.91 Å². The lowest BCUT2D eigenvalue weighted by molar-refractivity contribution is -0.133. The maximum atomic E-state index is 12.8. The van der Waals surface area contributed by atoms with E-state index in [0.29, 0.717) is 17.9 Å². The van der Waals surface area contributed by atoms with E-state index >= 15 is 0 Å². The summed E-state index contributed by atoms with van der Waals surface area (Å²) < 4.78 is 0. The van der Waals surface area contributed by atoms with Gasteiger partial charge in [-0.2, -0.15) is 0 Å². The molecular formula is C17H32N2O. The van der Waals surface area contributed by atoms with Crippen molar-refractivity contribution in [3.8, 4) is 0 Å². The van der Waals surface area contributed by atoms with Crippen molar-refractivity contribution in [3.63, 3.8) is 0 Å². The number of hydrogen-bond acceptors (Lipinski definition) is 2. The molecule has 0 spiro atoms. The first-order valence-corrected chi connectivity index (χ1v) is 8.58. The zero-order valence-corrected chi connectivity index (χ0v) is 13.5. The van der Waals surface area contributed by atoms with Gasteiger partial charge in [0.1, 0.15) is 0 Å². The Morgan fingerprint density at radius 3 is 2.30 bits per heavy atom. The summed E-state index contributed by atoms with van der Waals surface area (Å²) in [7, 11) is 0. The van der Waals surface area contributed by atoms with Crippen molar-refractivity contribution in [3.05, 3.63) is 0 Å². The van der Waals surface area contributed by atoms with Gasteiger partial charge in [-0.05, 0) is 44.6 Å². The van der Waals surface area contributed by atoms with E-state index in [1.54, 1.807) is 0 Å². The third kappa shape index (κ3) is 3.36. The molecule has 3 heteroatoms. The quantitative estimate of drug-likeness (QED) is 0.777. The average Bonchev–Trinajstić information content (AvgIpc) is 2.76. The van der Waals surface area contributed by atoms with Crippen molar-refractivity contribution in [2.75, 3.05) is 13.1 Å². The predicted octanol–water partition coefficient (Wildman–Crippen LogP) is 3.10. The van der Waals surface area contributed by atoms with Gasteiger partial charge in [0, 0.05) is 12.6 Å². The largest absolute Gasteiger partial charge is 0.353 e. The summed E-state index contributed by atoms with van der Waals surface area (Å²) in [5.41, 5.74) is -0.182. The van der Waals surface area contributed by atoms with Gasteiger partial charge in [0.15, 0.2) is 0 Å². The lowest BCUT2D eigenvalue weighted by Gasteiger charge is -2.34. The smallest absolute Gasteiger partial charge is 0.228 e. The Kier molecular flexibility index (Phi) is 5.48. The van der Waals surface area contributed by atoms with Gasteiger partial charge >= 0.3 is 0 Å². The van der Waals surface area contributed by atoms with Crippen LogP contribution in [0.1, 0.15) is 65.7 Å². The lowest BCUT2D eigenvalue weighted by Crippen LogP contribution is -2.50. The van der Waals surface area contributed by atoms with E-state index in [1.807, 2.05) is 0 Å². The van der Waals surface area contributed by atoms with E-state index in [2.05, 4.69) is 31.4 Å². The third-order valence-corrected chi connectivity index (χ3v) is 5.71. The van der Waals surface area contributed by atoms with Gasteiger partial charge in [0.25, 0.3) is 0 Å². The molecule has 3 nitrogen and oxygen atoms in total. The first kappa shape index (κ1) is 15.8. The highest BCUT2D eigenvalue weighted by molar-refractivity contribution is 5.83. The number of hydrogen-bond donors (Lipinski definition) is 2. The molecule has 0 aromatic heterocycles. The molecule has 20 heavy (non-hydrogen) atoms. The van der Waals surface area contributed by atoms with Crippen LogP contribution in [-0.2, 0) is 4.79 Å². The molecule has 1 aliphatic heterocycles. The Morgan fingerprint density at radius 1 is 1.15 bits per heavy atom. The molecule has 2 N–H and O–H groups in total. The van der Waals surface area contributed by atoms with Crippen LogP contribution in [0.4, 0.5) is 0 Å². The molecule has 1 amide bonds. The Balaban J connectivity index is 1.95. The third-order valence-electron chi connectivity index (χ3n) is 5.71. The fourth-order valence-electron chi connectivity index (χ4n) is 3.94. The van der Waals surface area contributed by atoms with E-state index in [-0.39, 0.29) is 11.3 Å². The first-order valence-electron chi connectivity index (χ1n) is 8.58. The molecule has 2 fully saturated rings. The molecule has 2 aliphatic rings. The second-order valence-electron chi connectivity index (χ2n) is 7.25. The molecule has 1 aliphatic carbocycles. The van der Waals surface area contributed by atoms with Crippen LogP contribution >= 0.6 is 0 Å². The predicted molar refractivity (Wildman–Crippen MR) is 83.6 cm³/mol. The summed E-state index contributed by atoms with van der Waals surface area (Å²) in [5.74, 6) is 1.37. The van der Waals surface area contributed by atoms with Gasteiger partial charge < -0.3 is 10.6 Å². The zero-order valence-electron chi connectivity index (χ0n) is 13.5. The second-order valence-corrected chi connectivity index (χ2v) is 7.25. The molecular weight excluding hydrogens is 248 g/mol.